The summed E-state index contributed by atoms with van der Waals surface area (Å²) in [6.07, 6.45) is 6.17. The van der Waals surface area contributed by atoms with Crippen molar-refractivity contribution in [2.75, 3.05) is 6.61 Å². The largest absolute Gasteiger partial charge is 0.462 e. The standard InChI is InChI=1S/C25H28N2O2S/c1-5-29-25(28)23-21-11-6-7-12-22(21)30-24(23)26-15-19-14-17(3)27(18(19)4)20-10-8-9-16(2)13-20/h8-10,13-15H,5-7,11-12H2,1-4H3. The Hall–Kier alpha value is -2.66. The lowest BCUT2D eigenvalue weighted by Gasteiger charge is -2.11. The van der Waals surface area contributed by atoms with Crippen LogP contribution in [0.25, 0.3) is 5.69 Å². The molecule has 4 nitrogen and oxygen atoms in total. The van der Waals surface area contributed by atoms with Crippen LogP contribution < -0.4 is 0 Å². The Morgan fingerprint density at radius 2 is 2.00 bits per heavy atom. The Kier molecular flexibility index (Phi) is 5.91. The molecule has 0 radical (unpaired) electrons. The lowest BCUT2D eigenvalue weighted by Crippen LogP contribution is -2.09. The van der Waals surface area contributed by atoms with Crippen molar-refractivity contribution in [3.8, 4) is 5.69 Å². The minimum atomic E-state index is -0.241. The second-order valence-electron chi connectivity index (χ2n) is 7.87. The van der Waals surface area contributed by atoms with Crippen molar-refractivity contribution < 1.29 is 9.53 Å². The summed E-state index contributed by atoms with van der Waals surface area (Å²) >= 11 is 1.65. The van der Waals surface area contributed by atoms with Gasteiger partial charge in [-0.3, -0.25) is 0 Å². The zero-order valence-corrected chi connectivity index (χ0v) is 18.9. The summed E-state index contributed by atoms with van der Waals surface area (Å²) in [5.41, 5.74) is 7.59. The number of esters is 1. The number of fused-ring (bicyclic) bond motifs is 1. The lowest BCUT2D eigenvalue weighted by molar-refractivity contribution is 0.0526. The van der Waals surface area contributed by atoms with E-state index >= 15 is 0 Å². The van der Waals surface area contributed by atoms with Gasteiger partial charge in [-0.15, -0.1) is 11.3 Å². The van der Waals surface area contributed by atoms with E-state index in [1.165, 1.54) is 16.9 Å². The molecule has 0 fully saturated rings. The number of aliphatic imine (C=N–C) groups is 1. The molecular weight excluding hydrogens is 392 g/mol. The normalized spacial score (nSPS) is 13.6. The molecule has 1 aliphatic carbocycles. The fourth-order valence-electron chi connectivity index (χ4n) is 4.27. The van der Waals surface area contributed by atoms with E-state index in [0.29, 0.717) is 12.2 Å². The first-order valence-electron chi connectivity index (χ1n) is 10.6. The van der Waals surface area contributed by atoms with Gasteiger partial charge in [0.2, 0.25) is 0 Å². The second-order valence-corrected chi connectivity index (χ2v) is 8.95. The molecule has 0 saturated heterocycles. The Morgan fingerprint density at radius 1 is 1.20 bits per heavy atom. The molecule has 0 bridgehead atoms. The number of hydrogen-bond donors (Lipinski definition) is 0. The number of hydrogen-bond acceptors (Lipinski definition) is 4. The molecule has 0 saturated carbocycles. The van der Waals surface area contributed by atoms with E-state index in [1.54, 1.807) is 11.3 Å². The molecule has 1 aliphatic rings. The van der Waals surface area contributed by atoms with Gasteiger partial charge in [0.25, 0.3) is 0 Å². The molecule has 0 unspecified atom stereocenters. The summed E-state index contributed by atoms with van der Waals surface area (Å²) < 4.78 is 7.60. The van der Waals surface area contributed by atoms with Crippen LogP contribution in [0.5, 0.6) is 0 Å². The predicted octanol–water partition coefficient (Wildman–Crippen LogP) is 6.27. The van der Waals surface area contributed by atoms with E-state index in [4.69, 9.17) is 9.73 Å². The highest BCUT2D eigenvalue weighted by atomic mass is 32.1. The average molecular weight is 421 g/mol. The van der Waals surface area contributed by atoms with Gasteiger partial charge in [-0.05, 0) is 82.7 Å². The third-order valence-electron chi connectivity index (χ3n) is 5.68. The predicted molar refractivity (Wildman–Crippen MR) is 124 cm³/mol. The van der Waals surface area contributed by atoms with Crippen molar-refractivity contribution in [1.82, 2.24) is 4.57 Å². The Labute approximate surface area is 182 Å². The number of nitrogens with zero attached hydrogens (tertiary/aromatic N) is 2. The SMILES string of the molecule is CCOC(=O)c1c(N=Cc2cc(C)n(-c3cccc(C)c3)c2C)sc2c1CCCC2. The highest BCUT2D eigenvalue weighted by Crippen LogP contribution is 2.40. The summed E-state index contributed by atoms with van der Waals surface area (Å²) in [7, 11) is 0. The van der Waals surface area contributed by atoms with Gasteiger partial charge < -0.3 is 9.30 Å². The molecule has 0 amide bonds. The summed E-state index contributed by atoms with van der Waals surface area (Å²) in [6.45, 7) is 8.56. The fourth-order valence-corrected chi connectivity index (χ4v) is 5.49. The van der Waals surface area contributed by atoms with Crippen LogP contribution >= 0.6 is 11.3 Å². The maximum Gasteiger partial charge on any atom is 0.341 e. The van der Waals surface area contributed by atoms with Crippen LogP contribution in [0.3, 0.4) is 0 Å². The molecule has 156 valence electrons. The van der Waals surface area contributed by atoms with Crippen molar-refractivity contribution in [1.29, 1.82) is 0 Å². The van der Waals surface area contributed by atoms with Crippen molar-refractivity contribution in [2.45, 2.75) is 53.4 Å². The number of carbonyl (C=O) groups is 1. The summed E-state index contributed by atoms with van der Waals surface area (Å²) in [4.78, 5) is 18.7. The molecule has 2 aromatic heterocycles. The summed E-state index contributed by atoms with van der Waals surface area (Å²) in [5, 5.41) is 0.778. The Balaban J connectivity index is 1.72. The van der Waals surface area contributed by atoms with Gasteiger partial charge in [0.1, 0.15) is 5.00 Å². The van der Waals surface area contributed by atoms with Gasteiger partial charge in [0, 0.05) is 33.7 Å². The van der Waals surface area contributed by atoms with E-state index in [1.807, 2.05) is 13.1 Å². The molecule has 0 aliphatic heterocycles. The summed E-state index contributed by atoms with van der Waals surface area (Å²) in [6, 6.07) is 10.7. The van der Waals surface area contributed by atoms with Gasteiger partial charge in [0.15, 0.2) is 0 Å². The van der Waals surface area contributed by atoms with Crippen LogP contribution in [0.2, 0.25) is 0 Å². The molecule has 4 rings (SSSR count). The smallest absolute Gasteiger partial charge is 0.341 e. The molecule has 1 aromatic carbocycles. The zero-order chi connectivity index (χ0) is 21.3. The van der Waals surface area contributed by atoms with Crippen LogP contribution in [0.4, 0.5) is 5.00 Å². The first-order chi connectivity index (χ1) is 14.5. The molecule has 0 N–H and O–H groups in total. The second kappa shape index (κ2) is 8.60. The first-order valence-corrected chi connectivity index (χ1v) is 11.4. The third-order valence-corrected chi connectivity index (χ3v) is 6.88. The number of thiophene rings is 1. The van der Waals surface area contributed by atoms with Crippen LogP contribution in [0, 0.1) is 20.8 Å². The molecule has 5 heteroatoms. The minimum absolute atomic E-state index is 0.241. The molecule has 3 aromatic rings. The van der Waals surface area contributed by atoms with E-state index in [-0.39, 0.29) is 5.97 Å². The fraction of sp³-hybridized carbons (Fsp3) is 0.360. The van der Waals surface area contributed by atoms with Gasteiger partial charge in [-0.2, -0.15) is 0 Å². The molecule has 0 spiro atoms. The quantitative estimate of drug-likeness (QED) is 0.361. The summed E-state index contributed by atoms with van der Waals surface area (Å²) in [5.74, 6) is -0.241. The van der Waals surface area contributed by atoms with Gasteiger partial charge in [-0.1, -0.05) is 12.1 Å². The number of aromatic nitrogens is 1. The van der Waals surface area contributed by atoms with E-state index in [2.05, 4.69) is 55.7 Å². The van der Waals surface area contributed by atoms with E-state index in [0.717, 1.165) is 52.5 Å². The van der Waals surface area contributed by atoms with Crippen molar-refractivity contribution >= 4 is 28.5 Å². The number of carbonyl (C=O) groups excluding carboxylic acids is 1. The topological polar surface area (TPSA) is 43.6 Å². The van der Waals surface area contributed by atoms with Crippen molar-refractivity contribution in [2.24, 2.45) is 4.99 Å². The highest BCUT2D eigenvalue weighted by Gasteiger charge is 2.26. The zero-order valence-electron chi connectivity index (χ0n) is 18.1. The highest BCUT2D eigenvalue weighted by molar-refractivity contribution is 7.16. The van der Waals surface area contributed by atoms with Gasteiger partial charge in [-0.25, -0.2) is 9.79 Å². The minimum Gasteiger partial charge on any atom is -0.462 e. The van der Waals surface area contributed by atoms with Crippen LogP contribution in [0.1, 0.15) is 63.1 Å². The maximum atomic E-state index is 12.7. The van der Waals surface area contributed by atoms with Crippen LogP contribution in [0.15, 0.2) is 35.3 Å². The van der Waals surface area contributed by atoms with Gasteiger partial charge in [0.05, 0.1) is 12.2 Å². The number of benzene rings is 1. The lowest BCUT2D eigenvalue weighted by atomic mass is 9.95. The molecule has 0 atom stereocenters. The van der Waals surface area contributed by atoms with Crippen LogP contribution in [-0.2, 0) is 17.6 Å². The Morgan fingerprint density at radius 3 is 2.77 bits per heavy atom. The monoisotopic (exact) mass is 420 g/mol. The van der Waals surface area contributed by atoms with Gasteiger partial charge >= 0.3 is 5.97 Å². The van der Waals surface area contributed by atoms with E-state index in [9.17, 15) is 4.79 Å². The molecule has 30 heavy (non-hydrogen) atoms. The molecule has 2 heterocycles. The first kappa shape index (κ1) is 20.6. The number of ether oxygens (including phenoxy) is 1. The van der Waals surface area contributed by atoms with Crippen molar-refractivity contribution in [3.63, 3.8) is 0 Å². The van der Waals surface area contributed by atoms with E-state index < -0.39 is 0 Å². The molecular formula is C25H28N2O2S. The number of rotatable bonds is 5. The maximum absolute atomic E-state index is 12.7. The number of aryl methyl sites for hydroxylation is 3. The van der Waals surface area contributed by atoms with Crippen molar-refractivity contribution in [3.05, 3.63) is 68.9 Å². The van der Waals surface area contributed by atoms with Crippen LogP contribution in [-0.4, -0.2) is 23.4 Å². The average Bonchev–Trinajstić information content (AvgIpc) is 3.23. The Bertz CT molecular complexity index is 1120. The third kappa shape index (κ3) is 3.86.